The molecule has 2 fully saturated rings. The second-order valence-corrected chi connectivity index (χ2v) is 12.9. The van der Waals surface area contributed by atoms with Crippen molar-refractivity contribution >= 4 is 6.09 Å². The molecule has 0 aliphatic carbocycles. The van der Waals surface area contributed by atoms with Crippen LogP contribution in [0.2, 0.25) is 0 Å². The third-order valence-electron chi connectivity index (χ3n) is 9.55. The molecular weight excluding hydrogens is 600 g/mol. The summed E-state index contributed by atoms with van der Waals surface area (Å²) in [5.41, 5.74) is 11.4. The first-order chi connectivity index (χ1) is 22.7. The minimum absolute atomic E-state index is 0.0120. The molecule has 11 heteroatoms. The number of aliphatic hydroxyl groups is 1. The molecule has 258 valence electrons. The molecule has 10 atom stereocenters. The standard InChI is InChI=1S/C36H52N4O7/c1-6-30-33(47-34-25(3)24(2)32(41)27(5)45-34)26(4)31(38-39-37)35(46-30)43-21-15-9-14-20-40(22-28-16-10-7-11-17-28)36(42)44-23-29-18-12-8-13-19-29/h7-8,10-13,16-19,24-27,30-35,41H,6,9,14-15,20-23H2,1-5H3/t24-,25?,26-,27?,30?,31?,32+,33+,34+,35+/m1/s1. The topological polar surface area (TPSA) is 135 Å². The number of nitrogens with zero attached hydrogens (tertiary/aromatic N) is 4. The van der Waals surface area contributed by atoms with E-state index in [4.69, 9.17) is 23.7 Å². The molecule has 2 aromatic rings. The van der Waals surface area contributed by atoms with Crippen molar-refractivity contribution < 1.29 is 33.6 Å². The van der Waals surface area contributed by atoms with E-state index in [0.29, 0.717) is 26.1 Å². The molecule has 1 N–H and O–H groups in total. The fourth-order valence-electron chi connectivity index (χ4n) is 6.35. The molecule has 0 radical (unpaired) electrons. The lowest BCUT2D eigenvalue weighted by Gasteiger charge is -2.48. The minimum atomic E-state index is -0.697. The number of amides is 1. The van der Waals surface area contributed by atoms with Gasteiger partial charge in [-0.05, 0) is 61.1 Å². The normalized spacial score (nSPS) is 30.7. The van der Waals surface area contributed by atoms with Gasteiger partial charge in [0.2, 0.25) is 0 Å². The fraction of sp³-hybridized carbons (Fsp3) is 0.639. The Bertz CT molecular complexity index is 1260. The van der Waals surface area contributed by atoms with Gasteiger partial charge in [-0.25, -0.2) is 4.79 Å². The summed E-state index contributed by atoms with van der Waals surface area (Å²) in [4.78, 5) is 17.9. The molecule has 2 saturated heterocycles. The van der Waals surface area contributed by atoms with Gasteiger partial charge in [0.25, 0.3) is 0 Å². The third-order valence-corrected chi connectivity index (χ3v) is 9.55. The van der Waals surface area contributed by atoms with Gasteiger partial charge in [0.1, 0.15) is 6.61 Å². The second-order valence-electron chi connectivity index (χ2n) is 12.9. The molecule has 2 aliphatic rings. The largest absolute Gasteiger partial charge is 0.445 e. The Kier molecular flexibility index (Phi) is 14.3. The summed E-state index contributed by atoms with van der Waals surface area (Å²) in [6, 6.07) is 19.0. The van der Waals surface area contributed by atoms with E-state index < -0.39 is 24.7 Å². The number of carbonyl (C=O) groups excluding carboxylic acids is 1. The Morgan fingerprint density at radius 2 is 1.60 bits per heavy atom. The zero-order valence-corrected chi connectivity index (χ0v) is 28.4. The van der Waals surface area contributed by atoms with Crippen LogP contribution in [0.25, 0.3) is 10.4 Å². The molecule has 2 heterocycles. The van der Waals surface area contributed by atoms with Crippen LogP contribution in [-0.4, -0.2) is 72.3 Å². The quantitative estimate of drug-likeness (QED) is 0.0928. The number of azide groups is 1. The highest BCUT2D eigenvalue weighted by atomic mass is 16.7. The van der Waals surface area contributed by atoms with Crippen molar-refractivity contribution in [1.29, 1.82) is 0 Å². The highest BCUT2D eigenvalue weighted by Gasteiger charge is 2.47. The Balaban J connectivity index is 1.28. The maximum Gasteiger partial charge on any atom is 0.410 e. The average molecular weight is 653 g/mol. The highest BCUT2D eigenvalue weighted by molar-refractivity contribution is 5.67. The lowest BCUT2D eigenvalue weighted by Crippen LogP contribution is -2.57. The number of benzene rings is 2. The first kappa shape index (κ1) is 36.7. The van der Waals surface area contributed by atoms with Crippen molar-refractivity contribution in [2.75, 3.05) is 13.2 Å². The van der Waals surface area contributed by atoms with Crippen molar-refractivity contribution in [2.24, 2.45) is 22.9 Å². The Morgan fingerprint density at radius 3 is 2.26 bits per heavy atom. The molecule has 4 rings (SSSR count). The summed E-state index contributed by atoms with van der Waals surface area (Å²) in [6.07, 6.45) is -0.0520. The van der Waals surface area contributed by atoms with Gasteiger partial charge in [0.15, 0.2) is 12.6 Å². The minimum Gasteiger partial charge on any atom is -0.445 e. The van der Waals surface area contributed by atoms with Gasteiger partial charge >= 0.3 is 6.09 Å². The van der Waals surface area contributed by atoms with Crippen LogP contribution in [-0.2, 0) is 36.8 Å². The van der Waals surface area contributed by atoms with Gasteiger partial charge in [0.05, 0.1) is 30.5 Å². The van der Waals surface area contributed by atoms with Gasteiger partial charge in [-0.15, -0.1) is 0 Å². The van der Waals surface area contributed by atoms with Crippen LogP contribution in [0.4, 0.5) is 4.79 Å². The summed E-state index contributed by atoms with van der Waals surface area (Å²) in [5.74, 6) is -0.193. The number of hydrogen-bond donors (Lipinski definition) is 1. The van der Waals surface area contributed by atoms with Crippen molar-refractivity contribution in [3.63, 3.8) is 0 Å². The zero-order chi connectivity index (χ0) is 33.8. The molecular formula is C36H52N4O7. The first-order valence-electron chi connectivity index (χ1n) is 17.0. The predicted octanol–water partition coefficient (Wildman–Crippen LogP) is 7.23. The summed E-state index contributed by atoms with van der Waals surface area (Å²) >= 11 is 0. The highest BCUT2D eigenvalue weighted by Crippen LogP contribution is 2.37. The molecule has 47 heavy (non-hydrogen) atoms. The van der Waals surface area contributed by atoms with Gasteiger partial charge in [-0.3, -0.25) is 0 Å². The maximum atomic E-state index is 13.0. The Labute approximate surface area is 279 Å². The molecule has 2 aliphatic heterocycles. The fourth-order valence-corrected chi connectivity index (χ4v) is 6.35. The lowest BCUT2D eigenvalue weighted by molar-refractivity contribution is -0.318. The van der Waals surface area contributed by atoms with E-state index in [2.05, 4.69) is 10.0 Å². The Morgan fingerprint density at radius 1 is 0.915 bits per heavy atom. The van der Waals surface area contributed by atoms with Crippen LogP contribution in [0, 0.1) is 17.8 Å². The number of rotatable bonds is 15. The van der Waals surface area contributed by atoms with Crippen LogP contribution in [0.15, 0.2) is 65.8 Å². The summed E-state index contributed by atoms with van der Waals surface area (Å²) < 4.78 is 30.8. The maximum absolute atomic E-state index is 13.0. The van der Waals surface area contributed by atoms with Crippen LogP contribution >= 0.6 is 0 Å². The number of unbranched alkanes of at least 4 members (excludes halogenated alkanes) is 2. The van der Waals surface area contributed by atoms with E-state index in [9.17, 15) is 15.4 Å². The molecule has 4 unspecified atom stereocenters. The molecule has 2 aromatic carbocycles. The molecule has 0 spiro atoms. The van der Waals surface area contributed by atoms with E-state index in [1.54, 1.807) is 4.90 Å². The van der Waals surface area contributed by atoms with E-state index in [0.717, 1.165) is 30.4 Å². The number of hydrogen-bond acceptors (Lipinski definition) is 8. The van der Waals surface area contributed by atoms with E-state index in [1.807, 2.05) is 95.3 Å². The van der Waals surface area contributed by atoms with Gasteiger partial charge in [-0.1, -0.05) is 93.5 Å². The smallest absolute Gasteiger partial charge is 0.410 e. The van der Waals surface area contributed by atoms with E-state index in [-0.39, 0.29) is 48.8 Å². The first-order valence-corrected chi connectivity index (χ1v) is 17.0. The summed E-state index contributed by atoms with van der Waals surface area (Å²) in [6.45, 7) is 11.6. The van der Waals surface area contributed by atoms with Gasteiger partial charge < -0.3 is 33.7 Å². The number of carbonyl (C=O) groups is 1. The van der Waals surface area contributed by atoms with Crippen molar-refractivity contribution in [1.82, 2.24) is 4.90 Å². The third kappa shape index (κ3) is 10.2. The average Bonchev–Trinajstić information content (AvgIpc) is 3.09. The molecule has 11 nitrogen and oxygen atoms in total. The molecule has 0 aromatic heterocycles. The SMILES string of the molecule is CCC1O[C@H](OCCCCCN(Cc2ccccc2)C(=O)OCc2ccccc2)C(N=[N+]=[N-])[C@@H](C)[C@@H]1O[C@@H]1OC(C)[C@@H](O)[C@H](C)C1C. The van der Waals surface area contributed by atoms with Crippen molar-refractivity contribution in [2.45, 2.75) is 116 Å². The molecule has 0 saturated carbocycles. The zero-order valence-electron chi connectivity index (χ0n) is 28.4. The van der Waals surface area contributed by atoms with Crippen LogP contribution < -0.4 is 0 Å². The van der Waals surface area contributed by atoms with E-state index >= 15 is 0 Å². The summed E-state index contributed by atoms with van der Waals surface area (Å²) in [7, 11) is 0. The van der Waals surface area contributed by atoms with Crippen LogP contribution in [0.1, 0.15) is 71.4 Å². The summed E-state index contributed by atoms with van der Waals surface area (Å²) in [5, 5.41) is 14.5. The monoisotopic (exact) mass is 652 g/mol. The predicted molar refractivity (Wildman–Crippen MR) is 178 cm³/mol. The second kappa shape index (κ2) is 18.4. The van der Waals surface area contributed by atoms with Crippen molar-refractivity contribution in [3.05, 3.63) is 82.2 Å². The molecule has 0 bridgehead atoms. The molecule has 1 amide bonds. The number of aliphatic hydroxyl groups excluding tert-OH is 1. The van der Waals surface area contributed by atoms with Crippen LogP contribution in [0.5, 0.6) is 0 Å². The van der Waals surface area contributed by atoms with Gasteiger partial charge in [-0.2, -0.15) is 0 Å². The van der Waals surface area contributed by atoms with Gasteiger partial charge in [0, 0.05) is 30.5 Å². The van der Waals surface area contributed by atoms with E-state index in [1.165, 1.54) is 0 Å². The lowest BCUT2D eigenvalue weighted by atomic mass is 9.84. The Hall–Kier alpha value is -3.18. The van der Waals surface area contributed by atoms with Crippen molar-refractivity contribution in [3.8, 4) is 0 Å². The number of ether oxygens (including phenoxy) is 5. The van der Waals surface area contributed by atoms with Crippen LogP contribution in [0.3, 0.4) is 0 Å².